The third-order valence-electron chi connectivity index (χ3n) is 5.17. The molecule has 0 aliphatic carbocycles. The molecule has 1 aliphatic heterocycles. The van der Waals surface area contributed by atoms with Crippen LogP contribution in [0.4, 0.5) is 4.39 Å². The number of carbonyl (C=O) groups excluding carboxylic acids is 1. The topological polar surface area (TPSA) is 115 Å². The van der Waals surface area contributed by atoms with E-state index in [2.05, 4.69) is 15.1 Å². The average molecular weight is 460 g/mol. The predicted molar refractivity (Wildman–Crippen MR) is 110 cm³/mol. The van der Waals surface area contributed by atoms with Crippen molar-refractivity contribution >= 4 is 16.0 Å². The molecule has 1 aromatic carbocycles. The molecular weight excluding hydrogens is 439 g/mol. The second kappa shape index (κ2) is 9.13. The molecule has 0 saturated carbocycles. The Morgan fingerprint density at radius 2 is 2.06 bits per heavy atom. The van der Waals surface area contributed by atoms with Gasteiger partial charge in [-0.05, 0) is 56.2 Å². The minimum atomic E-state index is -3.84. The lowest BCUT2D eigenvalue weighted by Gasteiger charge is -2.31. The van der Waals surface area contributed by atoms with Crippen LogP contribution in [0, 0.1) is 11.7 Å². The van der Waals surface area contributed by atoms with Gasteiger partial charge in [0.2, 0.25) is 15.8 Å². The minimum absolute atomic E-state index is 0.0178. The Bertz CT molecular complexity index is 1180. The van der Waals surface area contributed by atoms with E-state index in [0.29, 0.717) is 24.2 Å². The number of aromatic nitrogens is 3. The first-order valence-corrected chi connectivity index (χ1v) is 11.5. The van der Waals surface area contributed by atoms with Crippen molar-refractivity contribution in [3.63, 3.8) is 0 Å². The van der Waals surface area contributed by atoms with Crippen LogP contribution < -0.4 is 0 Å². The van der Waals surface area contributed by atoms with Gasteiger partial charge < -0.3 is 9.26 Å². The first-order valence-electron chi connectivity index (χ1n) is 10.0. The van der Waals surface area contributed by atoms with Crippen molar-refractivity contribution in [1.29, 1.82) is 0 Å². The number of hydrogen-bond acceptors (Lipinski definition) is 8. The largest absolute Gasteiger partial charge is 0.452 e. The fourth-order valence-corrected chi connectivity index (χ4v) is 4.97. The smallest absolute Gasteiger partial charge is 0.311 e. The Kier molecular flexibility index (Phi) is 6.28. The average Bonchev–Trinajstić information content (AvgIpc) is 3.31. The van der Waals surface area contributed by atoms with E-state index in [9.17, 15) is 17.6 Å². The summed E-state index contributed by atoms with van der Waals surface area (Å²) in [5, 5.41) is 3.88. The number of pyridine rings is 1. The zero-order valence-electron chi connectivity index (χ0n) is 17.2. The van der Waals surface area contributed by atoms with Crippen molar-refractivity contribution in [3.05, 3.63) is 60.5 Å². The number of benzene rings is 1. The molecule has 4 rings (SSSR count). The highest BCUT2D eigenvalue weighted by molar-refractivity contribution is 7.89. The third-order valence-corrected chi connectivity index (χ3v) is 7.05. The van der Waals surface area contributed by atoms with Crippen molar-refractivity contribution in [1.82, 2.24) is 19.4 Å². The van der Waals surface area contributed by atoms with Crippen LogP contribution in [0.25, 0.3) is 11.4 Å². The Hall–Kier alpha value is -3.18. The summed E-state index contributed by atoms with van der Waals surface area (Å²) in [4.78, 5) is 20.9. The van der Waals surface area contributed by atoms with Crippen molar-refractivity contribution in [3.8, 4) is 11.4 Å². The number of rotatable bonds is 6. The van der Waals surface area contributed by atoms with Gasteiger partial charge in [0.05, 0.1) is 10.8 Å². The van der Waals surface area contributed by atoms with Crippen LogP contribution in [-0.4, -0.2) is 46.9 Å². The molecule has 11 heteroatoms. The maximum Gasteiger partial charge on any atom is 0.311 e. The molecule has 0 spiro atoms. The van der Waals surface area contributed by atoms with E-state index in [-0.39, 0.29) is 23.9 Å². The summed E-state index contributed by atoms with van der Waals surface area (Å²) in [7, 11) is -3.84. The van der Waals surface area contributed by atoms with E-state index in [0.717, 1.165) is 12.1 Å². The molecule has 2 aromatic heterocycles. The van der Waals surface area contributed by atoms with Crippen LogP contribution in [0.15, 0.2) is 58.2 Å². The molecule has 2 unspecified atom stereocenters. The Balaban J connectivity index is 1.41. The maximum absolute atomic E-state index is 13.2. The lowest BCUT2D eigenvalue weighted by molar-refractivity contribution is -0.156. The van der Waals surface area contributed by atoms with Gasteiger partial charge in [0, 0.05) is 31.0 Å². The molecular formula is C21H21FN4O5S. The van der Waals surface area contributed by atoms with E-state index in [1.165, 1.54) is 16.4 Å². The summed E-state index contributed by atoms with van der Waals surface area (Å²) in [6.45, 7) is 1.86. The van der Waals surface area contributed by atoms with Crippen molar-refractivity contribution < 1.29 is 26.9 Å². The number of hydrogen-bond donors (Lipinski definition) is 0. The van der Waals surface area contributed by atoms with Gasteiger partial charge in [-0.3, -0.25) is 9.78 Å². The summed E-state index contributed by atoms with van der Waals surface area (Å²) in [5.41, 5.74) is 0.662. The second-order valence-corrected chi connectivity index (χ2v) is 9.37. The molecule has 2 atom stereocenters. The number of carbonyl (C=O) groups is 1. The lowest BCUT2D eigenvalue weighted by atomic mass is 10.00. The van der Waals surface area contributed by atoms with Crippen LogP contribution in [0.1, 0.15) is 31.8 Å². The molecule has 0 radical (unpaired) electrons. The zero-order chi connectivity index (χ0) is 22.7. The van der Waals surface area contributed by atoms with E-state index in [4.69, 9.17) is 9.26 Å². The molecule has 0 N–H and O–H groups in total. The quantitative estimate of drug-likeness (QED) is 0.516. The van der Waals surface area contributed by atoms with Crippen LogP contribution >= 0.6 is 0 Å². The molecule has 1 saturated heterocycles. The van der Waals surface area contributed by atoms with Crippen LogP contribution in [-0.2, 0) is 19.6 Å². The van der Waals surface area contributed by atoms with Gasteiger partial charge in [0.25, 0.3) is 5.89 Å². The van der Waals surface area contributed by atoms with Gasteiger partial charge in [0.15, 0.2) is 6.10 Å². The van der Waals surface area contributed by atoms with Gasteiger partial charge in [-0.15, -0.1) is 0 Å². The van der Waals surface area contributed by atoms with Gasteiger partial charge in [0.1, 0.15) is 5.82 Å². The van der Waals surface area contributed by atoms with Gasteiger partial charge in [-0.2, -0.15) is 9.29 Å². The molecule has 32 heavy (non-hydrogen) atoms. The molecule has 0 bridgehead atoms. The number of piperidine rings is 1. The van der Waals surface area contributed by atoms with Crippen LogP contribution in [0.5, 0.6) is 0 Å². The zero-order valence-corrected chi connectivity index (χ0v) is 18.0. The molecule has 168 valence electrons. The molecule has 0 amide bonds. The molecule has 9 nitrogen and oxygen atoms in total. The standard InChI is InChI=1S/C21H21FN4O5S/c1-14(20-24-19(25-31-20)15-4-2-10-23-12-15)30-21(27)16-5-3-11-26(13-16)32(28,29)18-8-6-17(22)7-9-18/h2,4,6-10,12,14,16H,3,5,11,13H2,1H3. The SMILES string of the molecule is CC(OC(=O)C1CCCN(S(=O)(=O)c2ccc(F)cc2)C1)c1nc(-c2cccnc2)no1. The molecule has 3 heterocycles. The summed E-state index contributed by atoms with van der Waals surface area (Å²) in [6, 6.07) is 8.12. The molecule has 1 aliphatic rings. The van der Waals surface area contributed by atoms with Gasteiger partial charge in [-0.1, -0.05) is 5.16 Å². The van der Waals surface area contributed by atoms with E-state index < -0.39 is 33.8 Å². The third kappa shape index (κ3) is 4.68. The van der Waals surface area contributed by atoms with E-state index >= 15 is 0 Å². The number of halogens is 1. The van der Waals surface area contributed by atoms with Crippen molar-refractivity contribution in [2.45, 2.75) is 30.8 Å². The van der Waals surface area contributed by atoms with Crippen molar-refractivity contribution in [2.75, 3.05) is 13.1 Å². The number of ether oxygens (including phenoxy) is 1. The second-order valence-electron chi connectivity index (χ2n) is 7.43. The normalized spacial score (nSPS) is 18.2. The first kappa shape index (κ1) is 22.0. The van der Waals surface area contributed by atoms with E-state index in [1.54, 1.807) is 31.5 Å². The highest BCUT2D eigenvalue weighted by Crippen LogP contribution is 2.27. The minimum Gasteiger partial charge on any atom is -0.452 e. The summed E-state index contributed by atoms with van der Waals surface area (Å²) < 4.78 is 50.8. The number of esters is 1. The Morgan fingerprint density at radius 1 is 1.28 bits per heavy atom. The highest BCUT2D eigenvalue weighted by atomic mass is 32.2. The number of sulfonamides is 1. The van der Waals surface area contributed by atoms with Gasteiger partial charge >= 0.3 is 5.97 Å². The summed E-state index contributed by atoms with van der Waals surface area (Å²) >= 11 is 0. The van der Waals surface area contributed by atoms with Gasteiger partial charge in [-0.25, -0.2) is 12.8 Å². The predicted octanol–water partition coefficient (Wildman–Crippen LogP) is 2.98. The van der Waals surface area contributed by atoms with Crippen LogP contribution in [0.2, 0.25) is 0 Å². The fourth-order valence-electron chi connectivity index (χ4n) is 3.44. The molecule has 3 aromatic rings. The Labute approximate surface area is 184 Å². The lowest BCUT2D eigenvalue weighted by Crippen LogP contribution is -2.42. The van der Waals surface area contributed by atoms with Crippen LogP contribution in [0.3, 0.4) is 0 Å². The monoisotopic (exact) mass is 460 g/mol. The maximum atomic E-state index is 13.2. The number of nitrogens with zero attached hydrogens (tertiary/aromatic N) is 4. The first-order chi connectivity index (χ1) is 15.3. The van der Waals surface area contributed by atoms with Crippen molar-refractivity contribution in [2.24, 2.45) is 5.92 Å². The Morgan fingerprint density at radius 3 is 2.78 bits per heavy atom. The molecule has 1 fully saturated rings. The summed E-state index contributed by atoms with van der Waals surface area (Å²) in [5.74, 6) is -1.25. The highest BCUT2D eigenvalue weighted by Gasteiger charge is 2.35. The summed E-state index contributed by atoms with van der Waals surface area (Å²) in [6.07, 6.45) is 3.40. The van der Waals surface area contributed by atoms with E-state index in [1.807, 2.05) is 0 Å². The fraction of sp³-hybridized carbons (Fsp3) is 0.333.